The molecule has 100 valence electrons. The quantitative estimate of drug-likeness (QED) is 0.874. The largest absolute Gasteiger partial charge is 0.373 e. The molecule has 2 heterocycles. The average molecular weight is 293 g/mol. The molecule has 2 aromatic heterocycles. The second kappa shape index (κ2) is 5.05. The van der Waals surface area contributed by atoms with Crippen molar-refractivity contribution in [2.75, 3.05) is 12.4 Å². The molecule has 0 radical (unpaired) electrons. The number of aromatic nitrogens is 4. The van der Waals surface area contributed by atoms with Gasteiger partial charge in [0.25, 0.3) is 0 Å². The molecule has 0 aromatic carbocycles. The Balaban J connectivity index is 1.96. The second-order valence-corrected chi connectivity index (χ2v) is 6.99. The summed E-state index contributed by atoms with van der Waals surface area (Å²) in [4.78, 5) is 9.29. The lowest BCUT2D eigenvalue weighted by atomic mass is 10.3. The molecule has 0 spiro atoms. The number of hydrogen-bond acceptors (Lipinski definition) is 7. The fourth-order valence-electron chi connectivity index (χ4n) is 1.78. The molecule has 0 unspecified atom stereocenters. The average Bonchev–Trinajstić information content (AvgIpc) is 3.16. The van der Waals surface area contributed by atoms with Crippen molar-refractivity contribution in [3.8, 4) is 0 Å². The third-order valence-corrected chi connectivity index (χ3v) is 4.97. The molecule has 5 nitrogen and oxygen atoms in total. The van der Waals surface area contributed by atoms with Gasteiger partial charge in [-0.3, -0.25) is 0 Å². The van der Waals surface area contributed by atoms with Crippen molar-refractivity contribution in [1.29, 1.82) is 0 Å². The van der Waals surface area contributed by atoms with E-state index in [4.69, 9.17) is 4.98 Å². The van der Waals surface area contributed by atoms with Crippen molar-refractivity contribution in [2.24, 2.45) is 0 Å². The molecular weight excluding hydrogens is 278 g/mol. The topological polar surface area (TPSA) is 63.6 Å². The summed E-state index contributed by atoms with van der Waals surface area (Å²) in [5, 5.41) is 13.3. The minimum atomic E-state index is 0.545. The number of nitrogens with one attached hydrogen (secondary N) is 1. The fourth-order valence-corrected chi connectivity index (χ4v) is 3.60. The van der Waals surface area contributed by atoms with E-state index in [2.05, 4.69) is 20.5 Å². The molecule has 0 atom stereocenters. The molecule has 0 aliphatic heterocycles. The molecular formula is C12H15N5S2. The van der Waals surface area contributed by atoms with Crippen LogP contribution in [-0.2, 0) is 0 Å². The molecule has 7 heteroatoms. The Labute approximate surface area is 120 Å². The Kier molecular flexibility index (Phi) is 3.40. The highest BCUT2D eigenvalue weighted by Crippen LogP contribution is 2.41. The first-order chi connectivity index (χ1) is 9.17. The zero-order valence-corrected chi connectivity index (χ0v) is 12.7. The zero-order valence-electron chi connectivity index (χ0n) is 11.1. The van der Waals surface area contributed by atoms with Gasteiger partial charge in [-0.15, -0.1) is 10.2 Å². The summed E-state index contributed by atoms with van der Waals surface area (Å²) in [7, 11) is 1.90. The number of hydrogen-bond donors (Lipinski definition) is 1. The van der Waals surface area contributed by atoms with Gasteiger partial charge >= 0.3 is 0 Å². The lowest BCUT2D eigenvalue weighted by Gasteiger charge is -2.10. The molecule has 1 aliphatic rings. The molecule has 1 fully saturated rings. The number of anilines is 1. The minimum Gasteiger partial charge on any atom is -0.373 e. The Morgan fingerprint density at radius 3 is 2.58 bits per heavy atom. The van der Waals surface area contributed by atoms with E-state index in [-0.39, 0.29) is 0 Å². The Hall–Kier alpha value is -1.21. The summed E-state index contributed by atoms with van der Waals surface area (Å²) in [6, 6.07) is 0. The van der Waals surface area contributed by atoms with Gasteiger partial charge in [0.15, 0.2) is 4.34 Å². The Morgan fingerprint density at radius 2 is 2.00 bits per heavy atom. The third-order valence-electron chi connectivity index (χ3n) is 2.99. The predicted molar refractivity (Wildman–Crippen MR) is 77.1 cm³/mol. The highest BCUT2D eigenvalue weighted by Gasteiger charge is 2.28. The van der Waals surface area contributed by atoms with Crippen LogP contribution in [0.25, 0.3) is 0 Å². The number of rotatable bonds is 4. The van der Waals surface area contributed by atoms with Gasteiger partial charge in [-0.1, -0.05) is 11.3 Å². The van der Waals surface area contributed by atoms with Crippen LogP contribution in [-0.4, -0.2) is 27.2 Å². The van der Waals surface area contributed by atoms with Crippen molar-refractivity contribution in [2.45, 2.75) is 42.0 Å². The van der Waals surface area contributed by atoms with E-state index in [1.807, 2.05) is 20.9 Å². The van der Waals surface area contributed by atoms with Gasteiger partial charge in [0.2, 0.25) is 0 Å². The normalized spacial score (nSPS) is 14.7. The molecule has 19 heavy (non-hydrogen) atoms. The van der Waals surface area contributed by atoms with Crippen LogP contribution in [0.15, 0.2) is 9.37 Å². The van der Waals surface area contributed by atoms with Crippen LogP contribution >= 0.6 is 23.1 Å². The van der Waals surface area contributed by atoms with Gasteiger partial charge in [-0.05, 0) is 38.5 Å². The summed E-state index contributed by atoms with van der Waals surface area (Å²) in [5.74, 6) is 2.42. The van der Waals surface area contributed by atoms with Crippen LogP contribution in [0, 0.1) is 13.8 Å². The van der Waals surface area contributed by atoms with Crippen LogP contribution in [0.5, 0.6) is 0 Å². The molecule has 2 aromatic rings. The first-order valence-electron chi connectivity index (χ1n) is 6.21. The van der Waals surface area contributed by atoms with E-state index in [0.717, 1.165) is 31.6 Å². The van der Waals surface area contributed by atoms with E-state index >= 15 is 0 Å². The first kappa shape index (κ1) is 12.8. The van der Waals surface area contributed by atoms with E-state index in [1.54, 1.807) is 23.1 Å². The van der Waals surface area contributed by atoms with Crippen molar-refractivity contribution < 1.29 is 0 Å². The van der Waals surface area contributed by atoms with E-state index < -0.39 is 0 Å². The molecule has 1 saturated carbocycles. The first-order valence-corrected chi connectivity index (χ1v) is 7.85. The van der Waals surface area contributed by atoms with Crippen LogP contribution < -0.4 is 5.32 Å². The molecule has 1 N–H and O–H groups in total. The highest BCUT2D eigenvalue weighted by atomic mass is 32.2. The van der Waals surface area contributed by atoms with Crippen molar-refractivity contribution in [1.82, 2.24) is 20.2 Å². The maximum Gasteiger partial charge on any atom is 0.180 e. The van der Waals surface area contributed by atoms with Gasteiger partial charge < -0.3 is 5.32 Å². The van der Waals surface area contributed by atoms with E-state index in [0.29, 0.717) is 5.92 Å². The SMILES string of the molecule is CNc1nc(C2CC2)nc(Sc2nnc(C)s2)c1C. The van der Waals surface area contributed by atoms with Gasteiger partial charge in [0.1, 0.15) is 21.7 Å². The maximum absolute atomic E-state index is 4.70. The Morgan fingerprint density at radius 1 is 1.21 bits per heavy atom. The van der Waals surface area contributed by atoms with Crippen molar-refractivity contribution in [3.05, 3.63) is 16.4 Å². The lowest BCUT2D eigenvalue weighted by Crippen LogP contribution is -2.03. The van der Waals surface area contributed by atoms with Crippen LogP contribution in [0.1, 0.15) is 35.2 Å². The summed E-state index contributed by atoms with van der Waals surface area (Å²) >= 11 is 3.17. The zero-order chi connectivity index (χ0) is 13.4. The van der Waals surface area contributed by atoms with E-state index in [9.17, 15) is 0 Å². The van der Waals surface area contributed by atoms with Crippen molar-refractivity contribution >= 4 is 28.9 Å². The molecule has 1 aliphatic carbocycles. The van der Waals surface area contributed by atoms with Crippen LogP contribution in [0.2, 0.25) is 0 Å². The van der Waals surface area contributed by atoms with Gasteiger partial charge in [-0.25, -0.2) is 9.97 Å². The van der Waals surface area contributed by atoms with Gasteiger partial charge in [0.05, 0.1) is 0 Å². The monoisotopic (exact) mass is 293 g/mol. The van der Waals surface area contributed by atoms with Crippen LogP contribution in [0.4, 0.5) is 5.82 Å². The molecule has 3 rings (SSSR count). The van der Waals surface area contributed by atoms with Gasteiger partial charge in [0, 0.05) is 18.5 Å². The van der Waals surface area contributed by atoms with Crippen molar-refractivity contribution in [3.63, 3.8) is 0 Å². The maximum atomic E-state index is 4.70. The molecule has 0 amide bonds. The minimum absolute atomic E-state index is 0.545. The summed E-state index contributed by atoms with van der Waals surface area (Å²) < 4.78 is 0.933. The number of nitrogens with zero attached hydrogens (tertiary/aromatic N) is 4. The standard InChI is InChI=1S/C12H15N5S2/c1-6-9(13-3)14-10(8-4-5-8)15-11(6)19-12-17-16-7(2)18-12/h8H,4-5H2,1-3H3,(H,13,14,15). The smallest absolute Gasteiger partial charge is 0.180 e. The lowest BCUT2D eigenvalue weighted by molar-refractivity contribution is 0.863. The number of aryl methyl sites for hydroxylation is 1. The summed E-state index contributed by atoms with van der Waals surface area (Å²) in [6.07, 6.45) is 2.41. The van der Waals surface area contributed by atoms with Gasteiger partial charge in [-0.2, -0.15) is 0 Å². The Bertz CT molecular complexity index is 606. The molecule has 0 saturated heterocycles. The van der Waals surface area contributed by atoms with E-state index in [1.165, 1.54) is 12.8 Å². The summed E-state index contributed by atoms with van der Waals surface area (Å²) in [5.41, 5.74) is 1.07. The predicted octanol–water partition coefficient (Wildman–Crippen LogP) is 3.02. The fraction of sp³-hybridized carbons (Fsp3) is 0.500. The third kappa shape index (κ3) is 2.71. The van der Waals surface area contributed by atoms with Crippen LogP contribution in [0.3, 0.4) is 0 Å². The second-order valence-electron chi connectivity index (χ2n) is 4.57. The molecule has 0 bridgehead atoms. The summed E-state index contributed by atoms with van der Waals surface area (Å²) in [6.45, 7) is 4.00. The highest BCUT2D eigenvalue weighted by molar-refractivity contribution is 8.01.